The molecule has 2 atom stereocenters. The summed E-state index contributed by atoms with van der Waals surface area (Å²) in [4.78, 5) is 95.4. The third kappa shape index (κ3) is 8.92. The molecule has 1 radical (unpaired) electrons. The molecule has 26 heteroatoms. The number of rotatable bonds is 12. The van der Waals surface area contributed by atoms with Gasteiger partial charge in [0.05, 0.1) is 0 Å². The molecule has 1 aromatic carbocycles. The molecule has 3 aromatic heterocycles. The van der Waals surface area contributed by atoms with Crippen molar-refractivity contribution in [1.29, 1.82) is 0 Å². The molecular weight excluding hydrogens is 820 g/mol. The van der Waals surface area contributed by atoms with Gasteiger partial charge in [-0.2, -0.15) is 4.98 Å². The second-order valence-corrected chi connectivity index (χ2v) is 15.4. The summed E-state index contributed by atoms with van der Waals surface area (Å²) in [6.45, 7) is 4.28. The second-order valence-electron chi connectivity index (χ2n) is 12.4. The average molecular weight is 850 g/mol. The summed E-state index contributed by atoms with van der Waals surface area (Å²) in [6.07, 6.45) is 0. The van der Waals surface area contributed by atoms with Crippen LogP contribution >= 0.6 is 34.9 Å². The number of amides is 5. The minimum Gasteiger partial charge on any atom is -0.504 e. The van der Waals surface area contributed by atoms with Crippen LogP contribution in [0, 0.1) is 6.92 Å². The van der Waals surface area contributed by atoms with E-state index in [1.165, 1.54) is 53.3 Å². The number of hydrogen-bond donors (Lipinski definition) is 8. The summed E-state index contributed by atoms with van der Waals surface area (Å²) in [5.74, 6) is -6.34. The van der Waals surface area contributed by atoms with Crippen molar-refractivity contribution >= 4 is 117 Å². The molecule has 0 saturated carbocycles. The number of phenolic OH excluding ortho intramolecular Hbond substituents is 2. The molecule has 1 saturated heterocycles. The minimum atomic E-state index is -1.82. The number of anilines is 1. The predicted octanol–water partition coefficient (Wildman–Crippen LogP) is -0.908. The number of nitrogens with two attached hydrogens (primary N) is 2. The third-order valence-electron chi connectivity index (χ3n) is 8.04. The number of aromatic nitrogens is 5. The van der Waals surface area contributed by atoms with Crippen LogP contribution in [0.1, 0.15) is 46.2 Å². The first-order valence-corrected chi connectivity index (χ1v) is 18.8. The number of thiazole rings is 1. The van der Waals surface area contributed by atoms with E-state index < -0.39 is 69.7 Å². The molecule has 0 unspecified atom stereocenters. The molecule has 22 nitrogen and oxygen atoms in total. The van der Waals surface area contributed by atoms with Gasteiger partial charge in [0, 0.05) is 57.7 Å². The number of nitrogens with one attached hydrogen (secondary N) is 3. The Morgan fingerprint density at radius 3 is 2.49 bits per heavy atom. The van der Waals surface area contributed by atoms with E-state index in [-0.39, 0.29) is 74.8 Å². The van der Waals surface area contributed by atoms with Crippen molar-refractivity contribution in [3.8, 4) is 11.5 Å². The number of fused-ring (bicyclic) bond motifs is 2. The Morgan fingerprint density at radius 1 is 1.11 bits per heavy atom. The molecule has 10 N–H and O–H groups in total. The van der Waals surface area contributed by atoms with E-state index in [9.17, 15) is 44.1 Å². The van der Waals surface area contributed by atoms with Gasteiger partial charge in [-0.15, -0.1) is 40.0 Å². The quantitative estimate of drug-likeness (QED) is 0.0163. The predicted molar refractivity (Wildman–Crippen MR) is 204 cm³/mol. The first-order chi connectivity index (χ1) is 26.4. The largest absolute Gasteiger partial charge is 0.504 e. The number of aromatic hydroxyl groups is 2. The molecule has 0 spiro atoms. The number of aryl methyl sites for hydroxylation is 1. The van der Waals surface area contributed by atoms with Crippen molar-refractivity contribution in [2.45, 2.75) is 42.8 Å². The molecule has 0 aliphatic carbocycles. The Balaban J connectivity index is 0.00000620. The smallest absolute Gasteiger partial charge is 0.352 e. The first kappa shape index (κ1) is 42.7. The molecule has 293 valence electrons. The van der Waals surface area contributed by atoms with Crippen LogP contribution in [0.3, 0.4) is 0 Å². The van der Waals surface area contributed by atoms with Crippen LogP contribution in [0.15, 0.2) is 51.1 Å². The number of aliphatic carboxylic acids is 1. The van der Waals surface area contributed by atoms with E-state index in [0.717, 1.165) is 28.4 Å². The molecule has 4 aromatic rings. The number of nitrogen functional groups attached to an aromatic ring is 1. The van der Waals surface area contributed by atoms with Crippen LogP contribution in [0.2, 0.25) is 0 Å². The Hall–Kier alpha value is -5.47. The second kappa shape index (κ2) is 16.9. The van der Waals surface area contributed by atoms with Gasteiger partial charge in [-0.05, 0) is 50.6 Å². The Bertz CT molecular complexity index is 2400. The third-order valence-corrected chi connectivity index (χ3v) is 11.0. The van der Waals surface area contributed by atoms with E-state index in [4.69, 9.17) is 16.3 Å². The Kier molecular flexibility index (Phi) is 12.7. The molecule has 2 aliphatic heterocycles. The number of carbonyl (C=O) groups is 6. The van der Waals surface area contributed by atoms with Gasteiger partial charge in [0.1, 0.15) is 27.8 Å². The number of carboxylic acid groups (broad SMARTS) is 1. The number of carboxylic acids is 1. The zero-order valence-electron chi connectivity index (χ0n) is 30.2. The normalized spacial score (nSPS) is 16.6. The van der Waals surface area contributed by atoms with Crippen LogP contribution in [-0.2, 0) is 24.0 Å². The molecular formula is C31H30N12NaO10S3. The van der Waals surface area contributed by atoms with E-state index in [1.807, 2.05) is 0 Å². The number of nitrogens with zero attached hydrogens (tertiary/aromatic N) is 7. The summed E-state index contributed by atoms with van der Waals surface area (Å²) >= 11 is 3.39. The van der Waals surface area contributed by atoms with Crippen molar-refractivity contribution in [1.82, 2.24) is 45.6 Å². The van der Waals surface area contributed by atoms with Gasteiger partial charge in [0.2, 0.25) is 11.4 Å². The average Bonchev–Trinajstić information content (AvgIpc) is 3.79. The van der Waals surface area contributed by atoms with Crippen LogP contribution in [-0.4, -0.2) is 144 Å². The Labute approximate surface area is 355 Å². The topological polar surface area (TPSA) is 332 Å². The van der Waals surface area contributed by atoms with Crippen LogP contribution < -0.4 is 27.6 Å². The van der Waals surface area contributed by atoms with Gasteiger partial charge >= 0.3 is 5.97 Å². The van der Waals surface area contributed by atoms with E-state index >= 15 is 0 Å². The standard InChI is InChI=1S/C31H30N12O10S3.Na/c1-11-6-17(35-30-37-22(21(32)46)40-43(11)30)54-8-13-9-55-26-19(25(49)42(26)20(13)27(50)51)36-24(48)18(14-10-56-29(33)34-14)41-53-31(2,3)28(52)39-38-23(47)12-4-5-15(44)16(45)7-12;/h4-7,10,19,26,44-45H,8-9H2,1-3H3,(H2,32,46)(H2,33,34)(H,36,48)(H,38,47)(H,39,52)(H,50,51);/t19-,26-;/m1./s1. The van der Waals surface area contributed by atoms with Gasteiger partial charge in [0.25, 0.3) is 35.3 Å². The van der Waals surface area contributed by atoms with Crippen molar-refractivity contribution in [2.75, 3.05) is 17.2 Å². The number of benzene rings is 1. The minimum absolute atomic E-state index is 0. The number of hydrazine groups is 1. The van der Waals surface area contributed by atoms with Gasteiger partial charge < -0.3 is 36.9 Å². The number of phenols is 2. The summed E-state index contributed by atoms with van der Waals surface area (Å²) in [7, 11) is 0. The number of hydrogen-bond acceptors (Lipinski definition) is 18. The zero-order chi connectivity index (χ0) is 40.6. The van der Waals surface area contributed by atoms with Crippen molar-refractivity contribution < 1.29 is 48.9 Å². The zero-order valence-corrected chi connectivity index (χ0v) is 34.6. The van der Waals surface area contributed by atoms with Crippen molar-refractivity contribution in [3.05, 3.63) is 63.7 Å². The molecule has 2 aliphatic rings. The summed E-state index contributed by atoms with van der Waals surface area (Å²) in [5, 5.41) is 40.8. The van der Waals surface area contributed by atoms with Gasteiger partial charge in [-0.3, -0.25) is 39.7 Å². The van der Waals surface area contributed by atoms with E-state index in [0.29, 0.717) is 16.3 Å². The van der Waals surface area contributed by atoms with Gasteiger partial charge in [0.15, 0.2) is 22.3 Å². The van der Waals surface area contributed by atoms with Gasteiger partial charge in [-0.25, -0.2) is 19.3 Å². The fourth-order valence-corrected chi connectivity index (χ4v) is 8.11. The maximum absolute atomic E-state index is 13.6. The molecule has 6 rings (SSSR count). The van der Waals surface area contributed by atoms with Crippen molar-refractivity contribution in [3.63, 3.8) is 0 Å². The number of primary amides is 1. The number of β-lactam (4-membered cyclic amide) rings is 1. The van der Waals surface area contributed by atoms with Crippen LogP contribution in [0.4, 0.5) is 5.13 Å². The number of carbonyl (C=O) groups excluding carboxylic acids is 5. The first-order valence-electron chi connectivity index (χ1n) is 15.9. The number of oxime groups is 1. The maximum Gasteiger partial charge on any atom is 0.352 e. The molecule has 5 heterocycles. The fourth-order valence-electron chi connectivity index (χ4n) is 5.13. The maximum atomic E-state index is 13.6. The Morgan fingerprint density at radius 2 is 1.84 bits per heavy atom. The van der Waals surface area contributed by atoms with E-state index in [2.05, 4.69) is 41.4 Å². The number of thioether (sulfide) groups is 2. The molecule has 0 bridgehead atoms. The van der Waals surface area contributed by atoms with Gasteiger partial charge in [-0.1, -0.05) is 5.16 Å². The summed E-state index contributed by atoms with van der Waals surface area (Å²) in [6, 6.07) is 3.76. The summed E-state index contributed by atoms with van der Waals surface area (Å²) < 4.78 is 1.35. The summed E-state index contributed by atoms with van der Waals surface area (Å²) in [5.41, 5.74) is 13.7. The monoisotopic (exact) mass is 849 g/mol. The fraction of sp³-hybridized carbons (Fsp3) is 0.258. The SMILES string of the molecule is Cc1cc(SCC2=C(C(=O)O)N3C(=O)[C@@H](NC(=O)C(=NOC(C)(C)C(=O)NNC(=O)c4ccc(O)c(O)c4)c4csc(N)n4)[C@H]3SC2)nc2nc(C(N)=O)nn12.[Na]. The van der Waals surface area contributed by atoms with Crippen LogP contribution in [0.5, 0.6) is 11.5 Å². The molecule has 5 amide bonds. The van der Waals surface area contributed by atoms with E-state index in [1.54, 1.807) is 13.0 Å². The van der Waals surface area contributed by atoms with Crippen molar-refractivity contribution in [2.24, 2.45) is 10.9 Å². The van der Waals surface area contributed by atoms with Crippen LogP contribution in [0.25, 0.3) is 5.78 Å². The molecule has 57 heavy (non-hydrogen) atoms. The molecule has 1 fully saturated rings.